The first kappa shape index (κ1) is 27.2. The summed E-state index contributed by atoms with van der Waals surface area (Å²) in [7, 11) is 0. The highest BCUT2D eigenvalue weighted by atomic mass is 35.5. The number of hydrogen-bond acceptors (Lipinski definition) is 7. The molecule has 200 valence electrons. The van der Waals surface area contributed by atoms with Gasteiger partial charge >= 0.3 is 11.6 Å². The first-order valence-corrected chi connectivity index (χ1v) is 12.2. The van der Waals surface area contributed by atoms with Gasteiger partial charge in [0.25, 0.3) is 0 Å². The fourth-order valence-corrected chi connectivity index (χ4v) is 4.07. The number of aromatic nitrogens is 1. The second kappa shape index (κ2) is 12.1. The van der Waals surface area contributed by atoms with Crippen LogP contribution in [0.3, 0.4) is 0 Å². The minimum Gasteiger partial charge on any atom is -0.486 e. The monoisotopic (exact) mass is 548 g/mol. The lowest BCUT2D eigenvalue weighted by atomic mass is 10.2. The van der Waals surface area contributed by atoms with E-state index in [-0.39, 0.29) is 41.0 Å². The van der Waals surface area contributed by atoms with E-state index in [1.54, 1.807) is 6.07 Å². The molecule has 0 bridgehead atoms. The SMILES string of the molecule is C=CCOc1c(/C=N/NC(=O)c2ccc(COc3ccc(-n4c(C)ccc4C)cc3)o2)cc(Cl)cc1[N+](=O)[O-]. The van der Waals surface area contributed by atoms with E-state index in [4.69, 9.17) is 25.5 Å². The van der Waals surface area contributed by atoms with Crippen molar-refractivity contribution in [1.82, 2.24) is 9.99 Å². The molecule has 4 rings (SSSR count). The van der Waals surface area contributed by atoms with Gasteiger partial charge in [0, 0.05) is 33.7 Å². The van der Waals surface area contributed by atoms with Gasteiger partial charge < -0.3 is 18.5 Å². The van der Waals surface area contributed by atoms with Crippen LogP contribution in [-0.4, -0.2) is 28.2 Å². The number of aryl methyl sites for hydroxylation is 2. The summed E-state index contributed by atoms with van der Waals surface area (Å²) in [5, 5.41) is 15.4. The van der Waals surface area contributed by atoms with E-state index in [1.165, 1.54) is 30.5 Å². The quantitative estimate of drug-likeness (QED) is 0.104. The summed E-state index contributed by atoms with van der Waals surface area (Å²) < 4.78 is 18.9. The summed E-state index contributed by atoms with van der Waals surface area (Å²) in [6, 6.07) is 17.5. The number of furan rings is 1. The Balaban J connectivity index is 1.37. The molecule has 0 saturated heterocycles. The Bertz CT molecular complexity index is 1520. The summed E-state index contributed by atoms with van der Waals surface area (Å²) in [6.45, 7) is 7.78. The Labute approximate surface area is 229 Å². The third-order valence-corrected chi connectivity index (χ3v) is 5.83. The Hall–Kier alpha value is -4.83. The zero-order valence-electron chi connectivity index (χ0n) is 21.2. The molecule has 0 aliphatic rings. The minimum absolute atomic E-state index is 0.0138. The zero-order chi connectivity index (χ0) is 27.9. The maximum Gasteiger partial charge on any atom is 0.313 e. The van der Waals surface area contributed by atoms with Crippen molar-refractivity contribution in [1.29, 1.82) is 0 Å². The average Bonchev–Trinajstić information content (AvgIpc) is 3.53. The number of hydrazone groups is 1. The lowest BCUT2D eigenvalue weighted by Crippen LogP contribution is -2.17. The molecule has 0 aliphatic heterocycles. The molecular formula is C28H25ClN4O6. The zero-order valence-corrected chi connectivity index (χ0v) is 22.0. The predicted molar refractivity (Wildman–Crippen MR) is 147 cm³/mol. The molecule has 0 atom stereocenters. The molecule has 11 heteroatoms. The molecular weight excluding hydrogens is 524 g/mol. The summed E-state index contributed by atoms with van der Waals surface area (Å²) >= 11 is 6.00. The number of carbonyl (C=O) groups excluding carboxylic acids is 1. The van der Waals surface area contributed by atoms with Crippen LogP contribution in [-0.2, 0) is 6.61 Å². The summed E-state index contributed by atoms with van der Waals surface area (Å²) in [5.41, 5.74) is 5.51. The van der Waals surface area contributed by atoms with E-state index in [9.17, 15) is 14.9 Å². The van der Waals surface area contributed by atoms with Crippen LogP contribution in [0, 0.1) is 24.0 Å². The Kier molecular flexibility index (Phi) is 8.47. The first-order valence-electron chi connectivity index (χ1n) is 11.8. The van der Waals surface area contributed by atoms with Gasteiger partial charge in [-0.25, -0.2) is 5.43 Å². The Morgan fingerprint density at radius 3 is 2.51 bits per heavy atom. The number of carbonyl (C=O) groups is 1. The summed E-state index contributed by atoms with van der Waals surface area (Å²) in [5.74, 6) is 0.435. The molecule has 10 nitrogen and oxygen atoms in total. The van der Waals surface area contributed by atoms with Crippen LogP contribution in [0.5, 0.6) is 11.5 Å². The molecule has 2 heterocycles. The van der Waals surface area contributed by atoms with Crippen LogP contribution in [0.1, 0.15) is 33.3 Å². The average molecular weight is 549 g/mol. The summed E-state index contributed by atoms with van der Waals surface area (Å²) in [4.78, 5) is 23.3. The number of nitrogens with one attached hydrogen (secondary N) is 1. The van der Waals surface area contributed by atoms with Crippen molar-refractivity contribution in [3.63, 3.8) is 0 Å². The maximum absolute atomic E-state index is 12.5. The molecule has 0 saturated carbocycles. The molecule has 0 unspecified atom stereocenters. The maximum atomic E-state index is 12.5. The summed E-state index contributed by atoms with van der Waals surface area (Å²) in [6.07, 6.45) is 2.64. The number of rotatable bonds is 11. The number of nitro benzene ring substituents is 1. The van der Waals surface area contributed by atoms with Gasteiger partial charge in [-0.3, -0.25) is 14.9 Å². The lowest BCUT2D eigenvalue weighted by molar-refractivity contribution is -0.385. The molecule has 1 amide bonds. The number of nitro groups is 1. The van der Waals surface area contributed by atoms with Gasteiger partial charge in [-0.2, -0.15) is 5.10 Å². The number of benzene rings is 2. The molecule has 39 heavy (non-hydrogen) atoms. The van der Waals surface area contributed by atoms with E-state index < -0.39 is 10.8 Å². The molecule has 2 aromatic heterocycles. The third-order valence-electron chi connectivity index (χ3n) is 5.61. The first-order chi connectivity index (χ1) is 18.8. The van der Waals surface area contributed by atoms with E-state index in [0.717, 1.165) is 17.1 Å². The van der Waals surface area contributed by atoms with Crippen molar-refractivity contribution >= 4 is 29.4 Å². The third kappa shape index (κ3) is 6.55. The highest BCUT2D eigenvalue weighted by molar-refractivity contribution is 6.31. The molecule has 0 spiro atoms. The highest BCUT2D eigenvalue weighted by Crippen LogP contribution is 2.33. The van der Waals surface area contributed by atoms with E-state index in [2.05, 4.69) is 33.8 Å². The number of hydrogen-bond donors (Lipinski definition) is 1. The van der Waals surface area contributed by atoms with Gasteiger partial charge in [-0.05, 0) is 68.4 Å². The fraction of sp³-hybridized carbons (Fsp3) is 0.143. The van der Waals surface area contributed by atoms with E-state index in [1.807, 2.05) is 38.1 Å². The second-order valence-corrected chi connectivity index (χ2v) is 8.84. The van der Waals surface area contributed by atoms with Gasteiger partial charge in [0.2, 0.25) is 5.75 Å². The number of amides is 1. The molecule has 2 aromatic carbocycles. The van der Waals surface area contributed by atoms with Crippen LogP contribution >= 0.6 is 11.6 Å². The normalized spacial score (nSPS) is 10.9. The van der Waals surface area contributed by atoms with E-state index in [0.29, 0.717) is 11.5 Å². The Morgan fingerprint density at radius 1 is 1.13 bits per heavy atom. The topological polar surface area (TPSA) is 121 Å². The largest absolute Gasteiger partial charge is 0.486 e. The standard InChI is InChI=1S/C28H25ClN4O6/c1-4-13-37-27-20(14-21(29)15-25(27)33(35)36)16-30-31-28(34)26-12-11-24(39-26)17-38-23-9-7-22(8-10-23)32-18(2)5-6-19(32)3/h4-12,14-16H,1,13,17H2,2-3H3,(H,31,34)/b30-16+. The van der Waals surface area contributed by atoms with Crippen molar-refractivity contribution in [3.8, 4) is 17.2 Å². The van der Waals surface area contributed by atoms with Crippen LogP contribution in [0.2, 0.25) is 5.02 Å². The van der Waals surface area contributed by atoms with Crippen molar-refractivity contribution in [2.45, 2.75) is 20.5 Å². The van der Waals surface area contributed by atoms with Crippen LogP contribution in [0.4, 0.5) is 5.69 Å². The predicted octanol–water partition coefficient (Wildman–Crippen LogP) is 6.16. The second-order valence-electron chi connectivity index (χ2n) is 8.40. The highest BCUT2D eigenvalue weighted by Gasteiger charge is 2.20. The van der Waals surface area contributed by atoms with Gasteiger partial charge in [0.1, 0.15) is 24.7 Å². The van der Waals surface area contributed by atoms with E-state index >= 15 is 0 Å². The van der Waals surface area contributed by atoms with Crippen LogP contribution in [0.15, 0.2) is 82.8 Å². The van der Waals surface area contributed by atoms with Gasteiger partial charge in [-0.15, -0.1) is 0 Å². The van der Waals surface area contributed by atoms with Crippen molar-refractivity contribution in [3.05, 3.63) is 117 Å². The molecule has 0 aliphatic carbocycles. The number of halogens is 1. The minimum atomic E-state index is -0.621. The lowest BCUT2D eigenvalue weighted by Gasteiger charge is -2.10. The number of nitrogens with zero attached hydrogens (tertiary/aromatic N) is 3. The molecule has 1 N–H and O–H groups in total. The number of ether oxygens (including phenoxy) is 2. The molecule has 0 radical (unpaired) electrons. The smallest absolute Gasteiger partial charge is 0.313 e. The Morgan fingerprint density at radius 2 is 1.85 bits per heavy atom. The fourth-order valence-electron chi connectivity index (χ4n) is 3.85. The van der Waals surface area contributed by atoms with Crippen LogP contribution < -0.4 is 14.9 Å². The van der Waals surface area contributed by atoms with Crippen LogP contribution in [0.25, 0.3) is 5.69 Å². The van der Waals surface area contributed by atoms with Crippen molar-refractivity contribution in [2.75, 3.05) is 6.61 Å². The molecule has 0 fully saturated rings. The van der Waals surface area contributed by atoms with Crippen molar-refractivity contribution in [2.24, 2.45) is 5.10 Å². The van der Waals surface area contributed by atoms with Gasteiger partial charge in [0.15, 0.2) is 5.76 Å². The van der Waals surface area contributed by atoms with Crippen molar-refractivity contribution < 1.29 is 23.6 Å². The van der Waals surface area contributed by atoms with Gasteiger partial charge in [0.05, 0.1) is 11.1 Å². The van der Waals surface area contributed by atoms with Gasteiger partial charge in [-0.1, -0.05) is 24.3 Å². The molecule has 4 aromatic rings.